The van der Waals surface area contributed by atoms with Crippen molar-refractivity contribution in [2.24, 2.45) is 15.2 Å². The van der Waals surface area contributed by atoms with E-state index >= 15 is 0 Å². The van der Waals surface area contributed by atoms with Gasteiger partial charge in [0.1, 0.15) is 0 Å². The molecule has 0 saturated carbocycles. The van der Waals surface area contributed by atoms with Crippen LogP contribution in [-0.4, -0.2) is 11.1 Å². The SMILES string of the molecule is Cc1ccc(N2NOC(=O)C2=C2N=NC(=Nc3ccccc3)S2)cc1. The zero-order chi connectivity index (χ0) is 17.2. The summed E-state index contributed by atoms with van der Waals surface area (Å²) in [5.41, 5.74) is 5.56. The number of amidine groups is 1. The Hall–Kier alpha value is -2.97. The molecule has 1 fully saturated rings. The van der Waals surface area contributed by atoms with E-state index in [2.05, 4.69) is 20.8 Å². The van der Waals surface area contributed by atoms with Gasteiger partial charge < -0.3 is 4.84 Å². The molecular formula is C17H13N5O2S. The van der Waals surface area contributed by atoms with Gasteiger partial charge in [-0.3, -0.25) is 0 Å². The molecule has 2 aliphatic heterocycles. The van der Waals surface area contributed by atoms with Crippen LogP contribution < -0.4 is 10.6 Å². The molecule has 0 aliphatic carbocycles. The van der Waals surface area contributed by atoms with Crippen LogP contribution in [0.25, 0.3) is 0 Å². The van der Waals surface area contributed by atoms with Crippen molar-refractivity contribution >= 4 is 34.3 Å². The van der Waals surface area contributed by atoms with Gasteiger partial charge in [-0.25, -0.2) is 14.8 Å². The number of para-hydroxylation sites is 1. The lowest BCUT2D eigenvalue weighted by atomic mass is 10.2. The number of aryl methyl sites for hydroxylation is 1. The quantitative estimate of drug-likeness (QED) is 0.832. The molecule has 0 amide bonds. The maximum Gasteiger partial charge on any atom is 0.379 e. The van der Waals surface area contributed by atoms with Crippen LogP contribution in [0.15, 0.2) is 80.5 Å². The van der Waals surface area contributed by atoms with Gasteiger partial charge in [-0.05, 0) is 43.0 Å². The molecule has 124 valence electrons. The monoisotopic (exact) mass is 351 g/mol. The Balaban J connectivity index is 1.65. The second-order valence-electron chi connectivity index (χ2n) is 5.34. The smallest absolute Gasteiger partial charge is 0.345 e. The molecule has 0 bridgehead atoms. The van der Waals surface area contributed by atoms with Gasteiger partial charge in [-0.15, -0.1) is 10.2 Å². The molecule has 1 N–H and O–H groups in total. The van der Waals surface area contributed by atoms with Gasteiger partial charge in [-0.1, -0.05) is 41.5 Å². The van der Waals surface area contributed by atoms with Crippen molar-refractivity contribution in [1.29, 1.82) is 0 Å². The van der Waals surface area contributed by atoms with E-state index in [0.29, 0.717) is 10.2 Å². The van der Waals surface area contributed by atoms with E-state index in [-0.39, 0.29) is 5.70 Å². The lowest BCUT2D eigenvalue weighted by molar-refractivity contribution is -0.140. The number of hydrogen-bond acceptors (Lipinski definition) is 7. The highest BCUT2D eigenvalue weighted by Gasteiger charge is 2.35. The zero-order valence-corrected chi connectivity index (χ0v) is 14.0. The molecule has 0 atom stereocenters. The summed E-state index contributed by atoms with van der Waals surface area (Å²) in [5, 5.41) is 10.6. The molecule has 0 spiro atoms. The number of anilines is 1. The van der Waals surface area contributed by atoms with E-state index in [1.54, 1.807) is 5.01 Å². The summed E-state index contributed by atoms with van der Waals surface area (Å²) in [6.45, 7) is 2.00. The standard InChI is InChI=1S/C17H13N5O2S/c1-11-7-9-13(10-8-11)22-14(16(23)24-21-22)15-19-20-17(25-15)18-12-5-3-2-4-6-12/h2-10,21H,1H3. The van der Waals surface area contributed by atoms with E-state index < -0.39 is 5.97 Å². The van der Waals surface area contributed by atoms with Crippen LogP contribution in [0, 0.1) is 6.92 Å². The van der Waals surface area contributed by atoms with Crippen molar-refractivity contribution in [2.75, 3.05) is 5.01 Å². The summed E-state index contributed by atoms with van der Waals surface area (Å²) in [4.78, 5) is 21.5. The third kappa shape index (κ3) is 3.17. The van der Waals surface area contributed by atoms with Gasteiger partial charge in [0, 0.05) is 0 Å². The van der Waals surface area contributed by atoms with Crippen molar-refractivity contribution in [1.82, 2.24) is 5.59 Å². The lowest BCUT2D eigenvalue weighted by Gasteiger charge is -2.15. The Morgan fingerprint density at radius 1 is 1.08 bits per heavy atom. The van der Waals surface area contributed by atoms with Gasteiger partial charge in [0.15, 0.2) is 10.7 Å². The highest BCUT2D eigenvalue weighted by Crippen LogP contribution is 2.36. The molecule has 25 heavy (non-hydrogen) atoms. The lowest BCUT2D eigenvalue weighted by Crippen LogP contribution is -2.28. The largest absolute Gasteiger partial charge is 0.379 e. The first-order valence-electron chi connectivity index (χ1n) is 7.52. The van der Waals surface area contributed by atoms with Crippen LogP contribution in [0.4, 0.5) is 11.4 Å². The van der Waals surface area contributed by atoms with Crippen LogP contribution in [0.2, 0.25) is 0 Å². The third-order valence-corrected chi connectivity index (χ3v) is 4.36. The van der Waals surface area contributed by atoms with Gasteiger partial charge in [0.05, 0.1) is 11.4 Å². The van der Waals surface area contributed by atoms with E-state index in [1.165, 1.54) is 11.8 Å². The molecule has 7 nitrogen and oxygen atoms in total. The second-order valence-corrected chi connectivity index (χ2v) is 6.29. The molecule has 2 aliphatic rings. The first-order valence-corrected chi connectivity index (χ1v) is 8.33. The number of rotatable bonds is 2. The maximum absolute atomic E-state index is 12.1. The number of hydrogen-bond donors (Lipinski definition) is 1. The number of carbonyl (C=O) groups is 1. The molecule has 8 heteroatoms. The first kappa shape index (κ1) is 15.6. The summed E-state index contributed by atoms with van der Waals surface area (Å²) in [6.07, 6.45) is 0. The minimum Gasteiger partial charge on any atom is -0.345 e. The Morgan fingerprint density at radius 2 is 1.84 bits per heavy atom. The molecule has 2 heterocycles. The fourth-order valence-electron chi connectivity index (χ4n) is 2.30. The molecule has 1 saturated heterocycles. The highest BCUT2D eigenvalue weighted by atomic mass is 32.2. The van der Waals surface area contributed by atoms with Crippen LogP contribution >= 0.6 is 11.8 Å². The molecule has 0 unspecified atom stereocenters. The van der Waals surface area contributed by atoms with E-state index in [1.807, 2.05) is 61.5 Å². The summed E-state index contributed by atoms with van der Waals surface area (Å²) in [6, 6.07) is 17.1. The van der Waals surface area contributed by atoms with Gasteiger partial charge in [-0.2, -0.15) is 0 Å². The number of thioether (sulfide) groups is 1. The third-order valence-electron chi connectivity index (χ3n) is 3.54. The minimum atomic E-state index is -0.511. The zero-order valence-electron chi connectivity index (χ0n) is 13.2. The summed E-state index contributed by atoms with van der Waals surface area (Å²) >= 11 is 1.22. The van der Waals surface area contributed by atoms with Crippen molar-refractivity contribution in [3.8, 4) is 0 Å². The summed E-state index contributed by atoms with van der Waals surface area (Å²) in [5.74, 6) is -0.511. The Bertz CT molecular complexity index is 906. The normalized spacial score (nSPS) is 21.2. The predicted molar refractivity (Wildman–Crippen MR) is 95.9 cm³/mol. The highest BCUT2D eigenvalue weighted by molar-refractivity contribution is 8.17. The van der Waals surface area contributed by atoms with Gasteiger partial charge in [0.25, 0.3) is 0 Å². The molecule has 0 aromatic heterocycles. The van der Waals surface area contributed by atoms with Gasteiger partial charge >= 0.3 is 5.97 Å². The van der Waals surface area contributed by atoms with Crippen LogP contribution in [0.5, 0.6) is 0 Å². The average Bonchev–Trinajstić information content (AvgIpc) is 3.23. The number of hydrazine groups is 1. The molecule has 4 rings (SSSR count). The fourth-order valence-corrected chi connectivity index (χ4v) is 3.06. The molecule has 2 aromatic rings. The maximum atomic E-state index is 12.1. The number of aliphatic imine (C=N–C) groups is 1. The van der Waals surface area contributed by atoms with Crippen LogP contribution in [-0.2, 0) is 9.63 Å². The average molecular weight is 351 g/mol. The van der Waals surface area contributed by atoms with Crippen LogP contribution in [0.1, 0.15) is 5.56 Å². The second kappa shape index (κ2) is 6.50. The predicted octanol–water partition coefficient (Wildman–Crippen LogP) is 3.83. The fraction of sp³-hybridized carbons (Fsp3) is 0.0588. The van der Waals surface area contributed by atoms with Gasteiger partial charge in [0.2, 0.25) is 5.17 Å². The Kier molecular flexibility index (Phi) is 4.04. The van der Waals surface area contributed by atoms with Crippen molar-refractivity contribution in [3.05, 3.63) is 70.9 Å². The number of nitrogens with one attached hydrogen (secondary N) is 1. The number of carbonyl (C=O) groups excluding carboxylic acids is 1. The molecule has 2 aromatic carbocycles. The van der Waals surface area contributed by atoms with E-state index in [9.17, 15) is 4.79 Å². The Labute approximate surface area is 148 Å². The van der Waals surface area contributed by atoms with Crippen molar-refractivity contribution in [2.45, 2.75) is 6.92 Å². The summed E-state index contributed by atoms with van der Waals surface area (Å²) in [7, 11) is 0. The number of benzene rings is 2. The molecule has 0 radical (unpaired) electrons. The van der Waals surface area contributed by atoms with Crippen molar-refractivity contribution < 1.29 is 9.63 Å². The first-order chi connectivity index (χ1) is 12.2. The van der Waals surface area contributed by atoms with E-state index in [0.717, 1.165) is 16.9 Å². The Morgan fingerprint density at radius 3 is 2.60 bits per heavy atom. The topological polar surface area (TPSA) is 78.6 Å². The molecular weight excluding hydrogens is 338 g/mol. The number of azo groups is 1. The minimum absolute atomic E-state index is 0.288. The summed E-state index contributed by atoms with van der Waals surface area (Å²) < 4.78 is 0. The van der Waals surface area contributed by atoms with Crippen molar-refractivity contribution in [3.63, 3.8) is 0 Å². The van der Waals surface area contributed by atoms with E-state index in [4.69, 9.17) is 4.84 Å². The number of nitrogens with zero attached hydrogens (tertiary/aromatic N) is 4. The van der Waals surface area contributed by atoms with Crippen LogP contribution in [0.3, 0.4) is 0 Å².